The zero-order chi connectivity index (χ0) is 19.8. The molecule has 2 aromatic rings. The SMILES string of the molecule is CC(=O)Nc1c(C)cccc1C(=O)OC(C)C(=O)NCCc1ccccc1. The van der Waals surface area contributed by atoms with Crippen LogP contribution in [0.15, 0.2) is 48.5 Å². The van der Waals surface area contributed by atoms with Crippen molar-refractivity contribution in [1.29, 1.82) is 0 Å². The Hall–Kier alpha value is -3.15. The lowest BCUT2D eigenvalue weighted by atomic mass is 10.1. The van der Waals surface area contributed by atoms with Gasteiger partial charge in [-0.25, -0.2) is 4.79 Å². The van der Waals surface area contributed by atoms with Crippen LogP contribution in [0.5, 0.6) is 0 Å². The van der Waals surface area contributed by atoms with Gasteiger partial charge >= 0.3 is 5.97 Å². The average molecular weight is 368 g/mol. The van der Waals surface area contributed by atoms with Gasteiger partial charge in [0.05, 0.1) is 11.3 Å². The summed E-state index contributed by atoms with van der Waals surface area (Å²) in [7, 11) is 0. The minimum Gasteiger partial charge on any atom is -0.449 e. The molecule has 27 heavy (non-hydrogen) atoms. The molecule has 0 saturated carbocycles. The number of aryl methyl sites for hydroxylation is 1. The molecular weight excluding hydrogens is 344 g/mol. The lowest BCUT2D eigenvalue weighted by Gasteiger charge is -2.16. The molecule has 0 fully saturated rings. The first-order valence-electron chi connectivity index (χ1n) is 8.78. The second-order valence-corrected chi connectivity index (χ2v) is 6.25. The number of hydrogen-bond acceptors (Lipinski definition) is 4. The number of esters is 1. The molecule has 0 aliphatic carbocycles. The molecule has 1 unspecified atom stereocenters. The van der Waals surface area contributed by atoms with Gasteiger partial charge in [-0.2, -0.15) is 0 Å². The number of rotatable bonds is 7. The van der Waals surface area contributed by atoms with Gasteiger partial charge in [0.1, 0.15) is 0 Å². The van der Waals surface area contributed by atoms with Gasteiger partial charge in [-0.05, 0) is 37.5 Å². The molecule has 0 aliphatic heterocycles. The van der Waals surface area contributed by atoms with Gasteiger partial charge in [0, 0.05) is 13.5 Å². The van der Waals surface area contributed by atoms with Crippen molar-refractivity contribution in [3.05, 3.63) is 65.2 Å². The Morgan fingerprint density at radius 1 is 1.04 bits per heavy atom. The molecule has 0 bridgehead atoms. The highest BCUT2D eigenvalue weighted by Crippen LogP contribution is 2.22. The average Bonchev–Trinajstić information content (AvgIpc) is 2.63. The number of para-hydroxylation sites is 1. The van der Waals surface area contributed by atoms with E-state index in [0.717, 1.165) is 11.1 Å². The summed E-state index contributed by atoms with van der Waals surface area (Å²) in [6, 6.07) is 14.8. The Kier molecular flexibility index (Phi) is 7.11. The van der Waals surface area contributed by atoms with E-state index in [-0.39, 0.29) is 17.4 Å². The highest BCUT2D eigenvalue weighted by Gasteiger charge is 2.21. The predicted octanol–water partition coefficient (Wildman–Crippen LogP) is 2.86. The number of hydrogen-bond donors (Lipinski definition) is 2. The molecule has 6 heteroatoms. The maximum Gasteiger partial charge on any atom is 0.341 e. The van der Waals surface area contributed by atoms with Crippen molar-refractivity contribution in [2.75, 3.05) is 11.9 Å². The second-order valence-electron chi connectivity index (χ2n) is 6.25. The molecule has 2 rings (SSSR count). The third kappa shape index (κ3) is 5.95. The van der Waals surface area contributed by atoms with Gasteiger partial charge in [0.2, 0.25) is 5.91 Å². The molecule has 1 atom stereocenters. The highest BCUT2D eigenvalue weighted by molar-refractivity contribution is 6.02. The van der Waals surface area contributed by atoms with E-state index >= 15 is 0 Å². The molecule has 2 N–H and O–H groups in total. The van der Waals surface area contributed by atoms with Crippen LogP contribution in [0.4, 0.5) is 5.69 Å². The standard InChI is InChI=1S/C21H24N2O4/c1-14-8-7-11-18(19(14)23-16(3)24)21(26)27-15(2)20(25)22-13-12-17-9-5-4-6-10-17/h4-11,15H,12-13H2,1-3H3,(H,22,25)(H,23,24). The fraction of sp³-hybridized carbons (Fsp3) is 0.286. The number of ether oxygens (including phenoxy) is 1. The van der Waals surface area contributed by atoms with Gasteiger partial charge < -0.3 is 15.4 Å². The maximum absolute atomic E-state index is 12.5. The van der Waals surface area contributed by atoms with Crippen molar-refractivity contribution in [2.45, 2.75) is 33.3 Å². The minimum atomic E-state index is -0.945. The van der Waals surface area contributed by atoms with E-state index in [1.54, 1.807) is 25.1 Å². The van der Waals surface area contributed by atoms with Crippen LogP contribution >= 0.6 is 0 Å². The Morgan fingerprint density at radius 3 is 2.41 bits per heavy atom. The molecule has 2 amide bonds. The van der Waals surface area contributed by atoms with Crippen LogP contribution in [0.3, 0.4) is 0 Å². The largest absolute Gasteiger partial charge is 0.449 e. The van der Waals surface area contributed by atoms with Crippen molar-refractivity contribution in [3.8, 4) is 0 Å². The van der Waals surface area contributed by atoms with E-state index in [2.05, 4.69) is 10.6 Å². The van der Waals surface area contributed by atoms with Crippen LogP contribution in [0.25, 0.3) is 0 Å². The van der Waals surface area contributed by atoms with Crippen molar-refractivity contribution in [3.63, 3.8) is 0 Å². The topological polar surface area (TPSA) is 84.5 Å². The molecule has 0 aromatic heterocycles. The number of benzene rings is 2. The fourth-order valence-electron chi connectivity index (χ4n) is 2.58. The fourth-order valence-corrected chi connectivity index (χ4v) is 2.58. The third-order valence-electron chi connectivity index (χ3n) is 4.00. The maximum atomic E-state index is 12.5. The summed E-state index contributed by atoms with van der Waals surface area (Å²) in [6.45, 7) is 5.11. The van der Waals surface area contributed by atoms with Gasteiger partial charge in [-0.1, -0.05) is 42.5 Å². The molecule has 142 valence electrons. The summed E-state index contributed by atoms with van der Waals surface area (Å²) in [5.74, 6) is -1.31. The Balaban J connectivity index is 1.94. The summed E-state index contributed by atoms with van der Waals surface area (Å²) in [5.41, 5.74) is 2.46. The van der Waals surface area contributed by atoms with Crippen LogP contribution in [-0.4, -0.2) is 30.4 Å². The van der Waals surface area contributed by atoms with Gasteiger partial charge in [0.15, 0.2) is 6.10 Å². The second kappa shape index (κ2) is 9.52. The van der Waals surface area contributed by atoms with Gasteiger partial charge in [-0.3, -0.25) is 9.59 Å². The molecule has 0 aliphatic rings. The van der Waals surface area contributed by atoms with Crippen LogP contribution in [0.1, 0.15) is 35.3 Å². The van der Waals surface area contributed by atoms with Crippen LogP contribution in [0.2, 0.25) is 0 Å². The van der Waals surface area contributed by atoms with Crippen molar-refractivity contribution in [2.24, 2.45) is 0 Å². The lowest BCUT2D eigenvalue weighted by molar-refractivity contribution is -0.129. The van der Waals surface area contributed by atoms with Crippen molar-refractivity contribution >= 4 is 23.5 Å². The van der Waals surface area contributed by atoms with E-state index in [1.165, 1.54) is 13.8 Å². The third-order valence-corrected chi connectivity index (χ3v) is 4.00. The number of amides is 2. The monoisotopic (exact) mass is 368 g/mol. The minimum absolute atomic E-state index is 0.217. The molecule has 0 spiro atoms. The van der Waals surface area contributed by atoms with Gasteiger partial charge in [-0.15, -0.1) is 0 Å². The Morgan fingerprint density at radius 2 is 1.74 bits per heavy atom. The summed E-state index contributed by atoms with van der Waals surface area (Å²) < 4.78 is 5.28. The molecule has 0 heterocycles. The molecule has 6 nitrogen and oxygen atoms in total. The summed E-state index contributed by atoms with van der Waals surface area (Å²) in [6.07, 6.45) is -0.253. The van der Waals surface area contributed by atoms with Crippen molar-refractivity contribution < 1.29 is 19.1 Å². The lowest BCUT2D eigenvalue weighted by Crippen LogP contribution is -2.37. The van der Waals surface area contributed by atoms with E-state index in [0.29, 0.717) is 18.7 Å². The Bertz CT molecular complexity index is 818. The van der Waals surface area contributed by atoms with Gasteiger partial charge in [0.25, 0.3) is 5.91 Å². The number of carbonyl (C=O) groups is 3. The smallest absolute Gasteiger partial charge is 0.341 e. The van der Waals surface area contributed by atoms with Crippen LogP contribution in [-0.2, 0) is 20.7 Å². The molecular formula is C21H24N2O4. The zero-order valence-electron chi connectivity index (χ0n) is 15.7. The summed E-state index contributed by atoms with van der Waals surface area (Å²) in [5, 5.41) is 5.40. The van der Waals surface area contributed by atoms with Crippen LogP contribution < -0.4 is 10.6 Å². The number of anilines is 1. The molecule has 0 saturated heterocycles. The van der Waals surface area contributed by atoms with E-state index in [4.69, 9.17) is 4.74 Å². The number of nitrogens with one attached hydrogen (secondary N) is 2. The first-order chi connectivity index (χ1) is 12.9. The highest BCUT2D eigenvalue weighted by atomic mass is 16.5. The zero-order valence-corrected chi connectivity index (χ0v) is 15.7. The quantitative estimate of drug-likeness (QED) is 0.736. The predicted molar refractivity (Wildman–Crippen MR) is 104 cm³/mol. The van der Waals surface area contributed by atoms with E-state index in [9.17, 15) is 14.4 Å². The number of carbonyl (C=O) groups excluding carboxylic acids is 3. The summed E-state index contributed by atoms with van der Waals surface area (Å²) in [4.78, 5) is 36.0. The first kappa shape index (κ1) is 20.2. The first-order valence-corrected chi connectivity index (χ1v) is 8.78. The summed E-state index contributed by atoms with van der Waals surface area (Å²) >= 11 is 0. The van der Waals surface area contributed by atoms with E-state index < -0.39 is 12.1 Å². The van der Waals surface area contributed by atoms with Crippen molar-refractivity contribution in [1.82, 2.24) is 5.32 Å². The van der Waals surface area contributed by atoms with E-state index in [1.807, 2.05) is 30.3 Å². The van der Waals surface area contributed by atoms with Crippen LogP contribution in [0, 0.1) is 6.92 Å². The Labute approximate surface area is 158 Å². The molecule has 2 aromatic carbocycles. The molecule has 0 radical (unpaired) electrons. The normalized spacial score (nSPS) is 11.4.